The number of pyridine rings is 2. The molecular weight excluding hydrogens is 380 g/mol. The Bertz CT molecular complexity index is 906. The van der Waals surface area contributed by atoms with Crippen molar-refractivity contribution in [2.24, 2.45) is 0 Å². The molecule has 1 aliphatic rings. The summed E-state index contributed by atoms with van der Waals surface area (Å²) in [5, 5.41) is 0. The lowest BCUT2D eigenvalue weighted by molar-refractivity contribution is 0.0587. The molecule has 9 heteroatoms. The summed E-state index contributed by atoms with van der Waals surface area (Å²) in [6.07, 6.45) is 4.42. The van der Waals surface area contributed by atoms with Gasteiger partial charge in [0.15, 0.2) is 0 Å². The molecule has 2 aromatic rings. The monoisotopic (exact) mass is 404 g/mol. The van der Waals surface area contributed by atoms with Crippen molar-refractivity contribution >= 4 is 21.6 Å². The lowest BCUT2D eigenvalue weighted by Gasteiger charge is -2.32. The van der Waals surface area contributed by atoms with Crippen LogP contribution in [0.2, 0.25) is 0 Å². The zero-order valence-corrected chi connectivity index (χ0v) is 16.8. The summed E-state index contributed by atoms with van der Waals surface area (Å²) in [5.41, 5.74) is 1.88. The predicted molar refractivity (Wildman–Crippen MR) is 106 cm³/mol. The third kappa shape index (κ3) is 5.19. The molecule has 1 saturated heterocycles. The number of amides is 1. The van der Waals surface area contributed by atoms with Gasteiger partial charge in [0.1, 0.15) is 6.10 Å². The Kier molecular flexibility index (Phi) is 6.13. The van der Waals surface area contributed by atoms with Gasteiger partial charge in [0.05, 0.1) is 23.2 Å². The van der Waals surface area contributed by atoms with Crippen LogP contribution in [0.4, 0.5) is 5.69 Å². The fourth-order valence-corrected chi connectivity index (χ4v) is 3.51. The second kappa shape index (κ2) is 8.55. The van der Waals surface area contributed by atoms with Gasteiger partial charge < -0.3 is 9.64 Å². The first kappa shape index (κ1) is 20.1. The summed E-state index contributed by atoms with van der Waals surface area (Å²) < 4.78 is 31.5. The summed E-state index contributed by atoms with van der Waals surface area (Å²) in [5.74, 6) is 0.421. The molecule has 1 fully saturated rings. The smallest absolute Gasteiger partial charge is 0.255 e. The summed E-state index contributed by atoms with van der Waals surface area (Å²) >= 11 is 0. The van der Waals surface area contributed by atoms with Crippen LogP contribution in [0.5, 0.6) is 5.88 Å². The van der Waals surface area contributed by atoms with Gasteiger partial charge >= 0.3 is 0 Å². The van der Waals surface area contributed by atoms with E-state index in [4.69, 9.17) is 4.74 Å². The molecular formula is C19H24N4O4S. The average Bonchev–Trinajstić information content (AvgIpc) is 2.70. The van der Waals surface area contributed by atoms with E-state index in [9.17, 15) is 13.2 Å². The molecule has 28 heavy (non-hydrogen) atoms. The molecule has 0 saturated carbocycles. The Morgan fingerprint density at radius 1 is 1.18 bits per heavy atom. The Balaban J connectivity index is 1.51. The van der Waals surface area contributed by atoms with Gasteiger partial charge in [-0.15, -0.1) is 0 Å². The minimum atomic E-state index is -3.32. The molecule has 3 heterocycles. The highest BCUT2D eigenvalue weighted by atomic mass is 32.2. The number of piperidine rings is 1. The fourth-order valence-electron chi connectivity index (χ4n) is 2.89. The van der Waals surface area contributed by atoms with Gasteiger partial charge in [0.25, 0.3) is 5.91 Å². The lowest BCUT2D eigenvalue weighted by atomic mass is 10.1. The zero-order valence-electron chi connectivity index (χ0n) is 16.0. The molecule has 1 amide bonds. The van der Waals surface area contributed by atoms with Crippen LogP contribution in [0.15, 0.2) is 36.7 Å². The minimum absolute atomic E-state index is 0.00119. The molecule has 0 bridgehead atoms. The third-order valence-electron chi connectivity index (χ3n) is 4.56. The molecule has 0 aliphatic carbocycles. The number of ether oxygens (including phenoxy) is 1. The van der Waals surface area contributed by atoms with Crippen LogP contribution in [0.25, 0.3) is 0 Å². The molecule has 0 unspecified atom stereocenters. The normalized spacial score (nSPS) is 15.3. The van der Waals surface area contributed by atoms with Crippen LogP contribution in [0.3, 0.4) is 0 Å². The lowest BCUT2D eigenvalue weighted by Crippen LogP contribution is -2.41. The Hall–Kier alpha value is -2.68. The van der Waals surface area contributed by atoms with Crippen LogP contribution < -0.4 is 9.46 Å². The number of aryl methyl sites for hydroxylation is 1. The topological polar surface area (TPSA) is 101 Å². The summed E-state index contributed by atoms with van der Waals surface area (Å²) in [6.45, 7) is 4.66. The number of aromatic nitrogens is 2. The van der Waals surface area contributed by atoms with Gasteiger partial charge in [-0.05, 0) is 32.0 Å². The number of anilines is 1. The van der Waals surface area contributed by atoms with Crippen molar-refractivity contribution in [1.82, 2.24) is 14.9 Å². The van der Waals surface area contributed by atoms with E-state index in [1.807, 2.05) is 17.9 Å². The standard InChI is InChI=1S/C19H24N4O4S/c1-3-28(25,26)22-16-6-7-18(21-13-16)27-17-8-10-23(11-9-17)19(24)15-5-4-14(2)20-12-15/h4-7,12-13,17,22H,3,8-11H2,1-2H3. The summed E-state index contributed by atoms with van der Waals surface area (Å²) in [4.78, 5) is 22.7. The Morgan fingerprint density at radius 2 is 1.93 bits per heavy atom. The van der Waals surface area contributed by atoms with Crippen LogP contribution in [-0.2, 0) is 10.0 Å². The van der Waals surface area contributed by atoms with E-state index in [1.54, 1.807) is 31.3 Å². The largest absolute Gasteiger partial charge is 0.474 e. The number of carbonyl (C=O) groups excluding carboxylic acids is 1. The fraction of sp³-hybridized carbons (Fsp3) is 0.421. The number of nitrogens with one attached hydrogen (secondary N) is 1. The maximum atomic E-state index is 12.5. The molecule has 2 aromatic heterocycles. The van der Waals surface area contributed by atoms with Gasteiger partial charge in [0.2, 0.25) is 15.9 Å². The first-order chi connectivity index (χ1) is 13.4. The van der Waals surface area contributed by atoms with Crippen molar-refractivity contribution in [2.75, 3.05) is 23.6 Å². The molecule has 1 aliphatic heterocycles. The summed E-state index contributed by atoms with van der Waals surface area (Å²) in [6, 6.07) is 6.89. The van der Waals surface area contributed by atoms with Crippen molar-refractivity contribution in [1.29, 1.82) is 0 Å². The average molecular weight is 404 g/mol. The molecule has 0 atom stereocenters. The van der Waals surface area contributed by atoms with Gasteiger partial charge in [-0.3, -0.25) is 14.5 Å². The van der Waals surface area contributed by atoms with E-state index in [0.717, 1.165) is 5.69 Å². The van der Waals surface area contributed by atoms with Crippen molar-refractivity contribution in [2.45, 2.75) is 32.8 Å². The predicted octanol–water partition coefficient (Wildman–Crippen LogP) is 2.23. The van der Waals surface area contributed by atoms with E-state index >= 15 is 0 Å². The number of sulfonamides is 1. The molecule has 0 radical (unpaired) electrons. The molecule has 0 spiro atoms. The number of nitrogens with zero attached hydrogens (tertiary/aromatic N) is 3. The maximum Gasteiger partial charge on any atom is 0.255 e. The quantitative estimate of drug-likeness (QED) is 0.792. The number of hydrogen-bond acceptors (Lipinski definition) is 6. The van der Waals surface area contributed by atoms with Crippen LogP contribution in [0, 0.1) is 6.92 Å². The number of carbonyl (C=O) groups is 1. The highest BCUT2D eigenvalue weighted by Gasteiger charge is 2.25. The van der Waals surface area contributed by atoms with E-state index in [1.165, 1.54) is 6.20 Å². The Labute approximate surface area is 165 Å². The van der Waals surface area contributed by atoms with Gasteiger partial charge in [-0.2, -0.15) is 0 Å². The van der Waals surface area contributed by atoms with Crippen LogP contribution in [0.1, 0.15) is 35.8 Å². The van der Waals surface area contributed by atoms with Crippen LogP contribution >= 0.6 is 0 Å². The minimum Gasteiger partial charge on any atom is -0.474 e. The first-order valence-electron chi connectivity index (χ1n) is 9.21. The van der Waals surface area contributed by atoms with Crippen molar-refractivity contribution in [3.05, 3.63) is 47.9 Å². The highest BCUT2D eigenvalue weighted by Crippen LogP contribution is 2.20. The number of likely N-dealkylation sites (tertiary alicyclic amines) is 1. The SMILES string of the molecule is CCS(=O)(=O)Nc1ccc(OC2CCN(C(=O)c3ccc(C)nc3)CC2)nc1. The van der Waals surface area contributed by atoms with Crippen molar-refractivity contribution in [3.63, 3.8) is 0 Å². The number of hydrogen-bond donors (Lipinski definition) is 1. The molecule has 1 N–H and O–H groups in total. The second-order valence-electron chi connectivity index (χ2n) is 6.69. The van der Waals surface area contributed by atoms with Crippen molar-refractivity contribution in [3.8, 4) is 5.88 Å². The van der Waals surface area contributed by atoms with Crippen LogP contribution in [-0.4, -0.2) is 54.1 Å². The molecule has 150 valence electrons. The van der Waals surface area contributed by atoms with E-state index in [0.29, 0.717) is 43.1 Å². The molecule has 8 nitrogen and oxygen atoms in total. The van der Waals surface area contributed by atoms with Gasteiger partial charge in [-0.25, -0.2) is 13.4 Å². The summed E-state index contributed by atoms with van der Waals surface area (Å²) in [7, 11) is -3.32. The number of rotatable bonds is 6. The van der Waals surface area contributed by atoms with E-state index in [2.05, 4.69) is 14.7 Å². The Morgan fingerprint density at radius 3 is 2.50 bits per heavy atom. The first-order valence-corrected chi connectivity index (χ1v) is 10.9. The maximum absolute atomic E-state index is 12.5. The van der Waals surface area contributed by atoms with E-state index in [-0.39, 0.29) is 17.8 Å². The van der Waals surface area contributed by atoms with Crippen molar-refractivity contribution < 1.29 is 17.9 Å². The van der Waals surface area contributed by atoms with Gasteiger partial charge in [0, 0.05) is 43.9 Å². The zero-order chi connectivity index (χ0) is 20.1. The van der Waals surface area contributed by atoms with Gasteiger partial charge in [-0.1, -0.05) is 0 Å². The third-order valence-corrected chi connectivity index (χ3v) is 5.87. The molecule has 3 rings (SSSR count). The second-order valence-corrected chi connectivity index (χ2v) is 8.70. The van der Waals surface area contributed by atoms with E-state index < -0.39 is 10.0 Å². The highest BCUT2D eigenvalue weighted by molar-refractivity contribution is 7.92. The molecule has 0 aromatic carbocycles.